The molecule has 0 aliphatic heterocycles. The van der Waals surface area contributed by atoms with Gasteiger partial charge in [-0.05, 0) is 18.9 Å². The van der Waals surface area contributed by atoms with Crippen molar-refractivity contribution < 1.29 is 14.6 Å². The maximum Gasteiger partial charge on any atom is 0.307 e. The molecule has 0 heterocycles. The monoisotopic (exact) mass is 186 g/mol. The minimum Gasteiger partial charge on any atom is -0.498 e. The highest BCUT2D eigenvalue weighted by Gasteiger charge is 2.08. The molecule has 0 aromatic carbocycles. The number of rotatable bonds is 6. The van der Waals surface area contributed by atoms with Gasteiger partial charge in [-0.2, -0.15) is 0 Å². The molecule has 3 nitrogen and oxygen atoms in total. The number of carbonyl (C=O) groups is 1. The van der Waals surface area contributed by atoms with Gasteiger partial charge in [0.15, 0.2) is 0 Å². The van der Waals surface area contributed by atoms with E-state index in [2.05, 4.69) is 0 Å². The van der Waals surface area contributed by atoms with E-state index in [1.807, 2.05) is 20.8 Å². The molecule has 0 aromatic rings. The van der Waals surface area contributed by atoms with Gasteiger partial charge in [-0.15, -0.1) is 0 Å². The van der Waals surface area contributed by atoms with Gasteiger partial charge in [0, 0.05) is 6.42 Å². The Hall–Kier alpha value is -0.990. The van der Waals surface area contributed by atoms with Crippen LogP contribution in [0.25, 0.3) is 0 Å². The lowest BCUT2D eigenvalue weighted by atomic mass is 10.1. The molecule has 0 aliphatic rings. The minimum atomic E-state index is -0.789. The summed E-state index contributed by atoms with van der Waals surface area (Å²) in [6.45, 7) is 6.44. The predicted octanol–water partition coefficient (Wildman–Crippen LogP) is 2.57. The van der Waals surface area contributed by atoms with E-state index in [0.29, 0.717) is 6.61 Å². The van der Waals surface area contributed by atoms with Crippen molar-refractivity contribution in [3.8, 4) is 0 Å². The number of carboxylic acids is 1. The van der Waals surface area contributed by atoms with Crippen LogP contribution in [0.15, 0.2) is 11.3 Å². The Morgan fingerprint density at radius 2 is 1.85 bits per heavy atom. The van der Waals surface area contributed by atoms with Crippen molar-refractivity contribution in [3.05, 3.63) is 11.3 Å². The normalized spacial score (nSPS) is 12.2. The highest BCUT2D eigenvalue weighted by Crippen LogP contribution is 2.17. The minimum absolute atomic E-state index is 0.0969. The van der Waals surface area contributed by atoms with E-state index in [4.69, 9.17) is 9.84 Å². The number of hydrogen-bond donors (Lipinski definition) is 1. The Morgan fingerprint density at radius 1 is 1.23 bits per heavy atom. The van der Waals surface area contributed by atoms with Gasteiger partial charge in [-0.3, -0.25) is 4.79 Å². The van der Waals surface area contributed by atoms with Crippen molar-refractivity contribution in [1.29, 1.82) is 0 Å². The highest BCUT2D eigenvalue weighted by atomic mass is 16.5. The first-order valence-corrected chi connectivity index (χ1v) is 4.71. The summed E-state index contributed by atoms with van der Waals surface area (Å²) >= 11 is 0. The Kier molecular flexibility index (Phi) is 6.02. The predicted molar refractivity (Wildman–Crippen MR) is 51.5 cm³/mol. The largest absolute Gasteiger partial charge is 0.498 e. The molecule has 13 heavy (non-hydrogen) atoms. The fourth-order valence-corrected chi connectivity index (χ4v) is 1.23. The van der Waals surface area contributed by atoms with Crippen molar-refractivity contribution in [3.63, 3.8) is 0 Å². The first-order chi connectivity index (χ1) is 6.15. The number of ether oxygens (including phenoxy) is 1. The lowest BCUT2D eigenvalue weighted by Crippen LogP contribution is -2.02. The van der Waals surface area contributed by atoms with Gasteiger partial charge in [-0.25, -0.2) is 0 Å². The third-order valence-corrected chi connectivity index (χ3v) is 1.83. The van der Waals surface area contributed by atoms with E-state index < -0.39 is 5.97 Å². The maximum absolute atomic E-state index is 10.5. The third kappa shape index (κ3) is 4.55. The first kappa shape index (κ1) is 12.0. The van der Waals surface area contributed by atoms with Gasteiger partial charge in [0.05, 0.1) is 18.8 Å². The van der Waals surface area contributed by atoms with E-state index >= 15 is 0 Å². The van der Waals surface area contributed by atoms with Crippen LogP contribution < -0.4 is 0 Å². The molecular formula is C10H18O3. The van der Waals surface area contributed by atoms with Crippen LogP contribution in [0.5, 0.6) is 0 Å². The van der Waals surface area contributed by atoms with Crippen LogP contribution in [0.4, 0.5) is 0 Å². The smallest absolute Gasteiger partial charge is 0.307 e. The second-order valence-corrected chi connectivity index (χ2v) is 2.74. The van der Waals surface area contributed by atoms with E-state index in [0.717, 1.165) is 24.2 Å². The van der Waals surface area contributed by atoms with Crippen molar-refractivity contribution in [1.82, 2.24) is 0 Å². The molecule has 1 N–H and O–H groups in total. The lowest BCUT2D eigenvalue weighted by molar-refractivity contribution is -0.136. The zero-order valence-electron chi connectivity index (χ0n) is 8.59. The molecule has 0 radical (unpaired) electrons. The van der Waals surface area contributed by atoms with Crippen LogP contribution in [0.1, 0.15) is 40.0 Å². The summed E-state index contributed by atoms with van der Waals surface area (Å²) < 4.78 is 5.36. The van der Waals surface area contributed by atoms with E-state index in [-0.39, 0.29) is 6.42 Å². The first-order valence-electron chi connectivity index (χ1n) is 4.71. The topological polar surface area (TPSA) is 46.5 Å². The molecule has 0 atom stereocenters. The van der Waals surface area contributed by atoms with E-state index in [1.54, 1.807) is 0 Å². The average Bonchev–Trinajstić information content (AvgIpc) is 2.10. The molecule has 0 spiro atoms. The molecule has 0 rings (SSSR count). The molecular weight excluding hydrogens is 168 g/mol. The van der Waals surface area contributed by atoms with Gasteiger partial charge in [0.25, 0.3) is 0 Å². The highest BCUT2D eigenvalue weighted by molar-refractivity contribution is 5.70. The molecule has 0 aromatic heterocycles. The number of hydrogen-bond acceptors (Lipinski definition) is 2. The summed E-state index contributed by atoms with van der Waals surface area (Å²) in [6, 6.07) is 0. The van der Waals surface area contributed by atoms with E-state index in [9.17, 15) is 4.79 Å². The standard InChI is InChI=1S/C10H18O3/c1-4-8(7-10(11)12)9(5-2)13-6-3/h4-7H2,1-3H3,(H,11,12)/b9-8-. The van der Waals surface area contributed by atoms with Crippen LogP contribution in [0, 0.1) is 0 Å². The van der Waals surface area contributed by atoms with Gasteiger partial charge >= 0.3 is 5.97 Å². The zero-order valence-corrected chi connectivity index (χ0v) is 8.59. The Labute approximate surface area is 79.4 Å². The SMILES string of the molecule is CCO/C(CC)=C(/CC)CC(=O)O. The number of aliphatic carboxylic acids is 1. The summed E-state index contributed by atoms with van der Waals surface area (Å²) in [7, 11) is 0. The molecule has 0 bridgehead atoms. The van der Waals surface area contributed by atoms with Crippen LogP contribution in [0.2, 0.25) is 0 Å². The second kappa shape index (κ2) is 6.52. The molecule has 0 amide bonds. The summed E-state index contributed by atoms with van der Waals surface area (Å²) in [5.74, 6) is 0.0508. The van der Waals surface area contributed by atoms with E-state index in [1.165, 1.54) is 0 Å². The van der Waals surface area contributed by atoms with Crippen LogP contribution in [-0.2, 0) is 9.53 Å². The van der Waals surface area contributed by atoms with Crippen molar-refractivity contribution in [2.75, 3.05) is 6.61 Å². The van der Waals surface area contributed by atoms with Crippen molar-refractivity contribution in [2.24, 2.45) is 0 Å². The molecule has 76 valence electrons. The number of carboxylic acid groups (broad SMARTS) is 1. The molecule has 0 fully saturated rings. The lowest BCUT2D eigenvalue weighted by Gasteiger charge is -2.11. The van der Waals surface area contributed by atoms with Crippen LogP contribution in [0.3, 0.4) is 0 Å². The van der Waals surface area contributed by atoms with Gasteiger partial charge in [0.1, 0.15) is 0 Å². The number of allylic oxidation sites excluding steroid dienone is 1. The van der Waals surface area contributed by atoms with Crippen molar-refractivity contribution in [2.45, 2.75) is 40.0 Å². The summed E-state index contributed by atoms with van der Waals surface area (Å²) in [6.07, 6.45) is 1.61. The van der Waals surface area contributed by atoms with Gasteiger partial charge < -0.3 is 9.84 Å². The van der Waals surface area contributed by atoms with Gasteiger partial charge in [0.2, 0.25) is 0 Å². The Morgan fingerprint density at radius 3 is 2.15 bits per heavy atom. The Bertz CT molecular complexity index is 194. The summed E-state index contributed by atoms with van der Waals surface area (Å²) in [5.41, 5.74) is 0.900. The van der Waals surface area contributed by atoms with Crippen LogP contribution in [-0.4, -0.2) is 17.7 Å². The Balaban J connectivity index is 4.50. The van der Waals surface area contributed by atoms with Crippen LogP contribution >= 0.6 is 0 Å². The second-order valence-electron chi connectivity index (χ2n) is 2.74. The van der Waals surface area contributed by atoms with Gasteiger partial charge in [-0.1, -0.05) is 13.8 Å². The fourth-order valence-electron chi connectivity index (χ4n) is 1.23. The third-order valence-electron chi connectivity index (χ3n) is 1.83. The molecule has 0 saturated heterocycles. The maximum atomic E-state index is 10.5. The molecule has 0 aliphatic carbocycles. The summed E-state index contributed by atoms with van der Waals surface area (Å²) in [5, 5.41) is 8.64. The molecule has 3 heteroatoms. The molecule has 0 saturated carbocycles. The average molecular weight is 186 g/mol. The fraction of sp³-hybridized carbons (Fsp3) is 0.700. The van der Waals surface area contributed by atoms with Crippen molar-refractivity contribution >= 4 is 5.97 Å². The summed E-state index contributed by atoms with van der Waals surface area (Å²) in [4.78, 5) is 10.5. The quantitative estimate of drug-likeness (QED) is 0.648. The molecule has 0 unspecified atom stereocenters. The zero-order chi connectivity index (χ0) is 10.3.